The molecule has 5 nitrogen and oxygen atoms in total. The van der Waals surface area contributed by atoms with Crippen molar-refractivity contribution in [2.75, 3.05) is 11.9 Å². The molecule has 4 N–H and O–H groups in total. The minimum atomic E-state index is 0.499. The Morgan fingerprint density at radius 2 is 2.33 bits per heavy atom. The molecule has 0 radical (unpaired) electrons. The Kier molecular flexibility index (Phi) is 4.11. The largest absolute Gasteiger partial charge is 0.325 e. The first-order chi connectivity index (χ1) is 8.69. The van der Waals surface area contributed by atoms with Crippen LogP contribution in [0.25, 0.3) is 10.2 Å². The number of hydrogen-bond donors (Lipinski definition) is 3. The number of rotatable bonds is 3. The lowest BCUT2D eigenvalue weighted by molar-refractivity contribution is 0.663. The number of hydrazine groups is 1. The molecule has 0 aliphatic carbocycles. The summed E-state index contributed by atoms with van der Waals surface area (Å²) >= 11 is 1.61. The third-order valence-electron chi connectivity index (χ3n) is 2.35. The molecule has 96 valence electrons. The zero-order valence-corrected chi connectivity index (χ0v) is 11.3. The maximum Gasteiger partial charge on any atom is 0.210 e. The van der Waals surface area contributed by atoms with Crippen LogP contribution in [0.3, 0.4) is 0 Å². The third-order valence-corrected chi connectivity index (χ3v) is 3.14. The minimum Gasteiger partial charge on any atom is -0.325 e. The first-order valence-electron chi connectivity index (χ1n) is 5.80. The first kappa shape index (κ1) is 12.8. The van der Waals surface area contributed by atoms with Crippen LogP contribution in [-0.2, 0) is 0 Å². The summed E-state index contributed by atoms with van der Waals surface area (Å²) in [5, 5.41) is 3.16. The Balaban J connectivity index is 2.13. The molecule has 1 aromatic carbocycles. The maximum atomic E-state index is 5.45. The number of aromatic nitrogens is 1. The van der Waals surface area contributed by atoms with E-state index in [1.165, 1.54) is 0 Å². The van der Waals surface area contributed by atoms with E-state index < -0.39 is 0 Å². The fourth-order valence-electron chi connectivity index (χ4n) is 1.46. The van der Waals surface area contributed by atoms with Gasteiger partial charge in [-0.25, -0.2) is 10.8 Å². The van der Waals surface area contributed by atoms with E-state index in [4.69, 9.17) is 5.84 Å². The second kappa shape index (κ2) is 5.79. The molecule has 0 bridgehead atoms. The van der Waals surface area contributed by atoms with Gasteiger partial charge >= 0.3 is 0 Å². The summed E-state index contributed by atoms with van der Waals surface area (Å²) in [7, 11) is 0. The van der Waals surface area contributed by atoms with Gasteiger partial charge in [0, 0.05) is 12.2 Å². The van der Waals surface area contributed by atoms with Crippen LogP contribution >= 0.6 is 11.3 Å². The Labute approximate surface area is 110 Å². The predicted octanol–water partition coefficient (Wildman–Crippen LogP) is 2.18. The number of nitrogens with two attached hydrogens (primary N) is 1. The van der Waals surface area contributed by atoms with E-state index in [-0.39, 0.29) is 0 Å². The van der Waals surface area contributed by atoms with Crippen LogP contribution in [0.15, 0.2) is 28.7 Å². The summed E-state index contributed by atoms with van der Waals surface area (Å²) in [6.07, 6.45) is 0. The van der Waals surface area contributed by atoms with Gasteiger partial charge in [-0.2, -0.15) is 0 Å². The standard InChI is InChI=1S/C12H17N5S/c1-8(2)6-14-12(17-13)16-9-3-4-10-11(5-9)18-7-15-10/h3-5,7-8H,6,13H2,1-2H3,(H2,14,16,17). The van der Waals surface area contributed by atoms with Crippen molar-refractivity contribution in [3.05, 3.63) is 23.7 Å². The van der Waals surface area contributed by atoms with Gasteiger partial charge in [0.15, 0.2) is 0 Å². The van der Waals surface area contributed by atoms with E-state index in [1.54, 1.807) is 11.3 Å². The summed E-state index contributed by atoms with van der Waals surface area (Å²) in [5.41, 5.74) is 6.37. The Bertz CT molecular complexity index is 546. The number of benzene rings is 1. The van der Waals surface area contributed by atoms with Gasteiger partial charge in [0.05, 0.1) is 15.7 Å². The van der Waals surface area contributed by atoms with Crippen LogP contribution in [0, 0.1) is 5.92 Å². The van der Waals surface area contributed by atoms with Crippen molar-refractivity contribution < 1.29 is 0 Å². The first-order valence-corrected chi connectivity index (χ1v) is 6.68. The second-order valence-corrected chi connectivity index (χ2v) is 5.27. The lowest BCUT2D eigenvalue weighted by Gasteiger charge is -2.10. The third kappa shape index (κ3) is 3.18. The molecule has 1 heterocycles. The van der Waals surface area contributed by atoms with Gasteiger partial charge in [-0.05, 0) is 24.1 Å². The van der Waals surface area contributed by atoms with Crippen molar-refractivity contribution in [3.8, 4) is 0 Å². The quantitative estimate of drug-likeness (QED) is 0.343. The molecule has 0 saturated heterocycles. The summed E-state index contributed by atoms with van der Waals surface area (Å²) in [4.78, 5) is 8.60. The fraction of sp³-hybridized carbons (Fsp3) is 0.333. The van der Waals surface area contributed by atoms with Gasteiger partial charge in [0.2, 0.25) is 5.96 Å². The van der Waals surface area contributed by atoms with Gasteiger partial charge in [-0.1, -0.05) is 13.8 Å². The number of hydrogen-bond acceptors (Lipinski definition) is 4. The number of guanidine groups is 1. The monoisotopic (exact) mass is 263 g/mol. The van der Waals surface area contributed by atoms with Gasteiger partial charge in [0.1, 0.15) is 0 Å². The predicted molar refractivity (Wildman–Crippen MR) is 77.7 cm³/mol. The molecule has 0 unspecified atom stereocenters. The van der Waals surface area contributed by atoms with E-state index in [0.29, 0.717) is 11.9 Å². The molecule has 6 heteroatoms. The highest BCUT2D eigenvalue weighted by Crippen LogP contribution is 2.21. The van der Waals surface area contributed by atoms with Crippen molar-refractivity contribution in [1.29, 1.82) is 0 Å². The smallest absolute Gasteiger partial charge is 0.210 e. The molecule has 0 aliphatic heterocycles. The van der Waals surface area contributed by atoms with E-state index in [9.17, 15) is 0 Å². The molecule has 2 rings (SSSR count). The number of anilines is 1. The summed E-state index contributed by atoms with van der Waals surface area (Å²) < 4.78 is 1.14. The van der Waals surface area contributed by atoms with Crippen molar-refractivity contribution in [1.82, 2.24) is 10.4 Å². The van der Waals surface area contributed by atoms with Crippen LogP contribution in [0.4, 0.5) is 5.69 Å². The number of thiazole rings is 1. The average Bonchev–Trinajstić information content (AvgIpc) is 2.81. The lowest BCUT2D eigenvalue weighted by atomic mass is 10.2. The van der Waals surface area contributed by atoms with Crippen molar-refractivity contribution in [2.45, 2.75) is 13.8 Å². The van der Waals surface area contributed by atoms with Crippen molar-refractivity contribution >= 4 is 33.2 Å². The van der Waals surface area contributed by atoms with Gasteiger partial charge < -0.3 is 5.32 Å². The number of nitrogens with zero attached hydrogens (tertiary/aromatic N) is 2. The summed E-state index contributed by atoms with van der Waals surface area (Å²) in [5.74, 6) is 6.52. The Hall–Kier alpha value is -1.66. The molecule has 1 aromatic heterocycles. The van der Waals surface area contributed by atoms with E-state index >= 15 is 0 Å². The van der Waals surface area contributed by atoms with Crippen molar-refractivity contribution in [3.63, 3.8) is 0 Å². The van der Waals surface area contributed by atoms with Gasteiger partial charge in [0.25, 0.3) is 0 Å². The lowest BCUT2D eigenvalue weighted by Crippen LogP contribution is -2.36. The number of aliphatic imine (C=N–C) groups is 1. The van der Waals surface area contributed by atoms with Crippen molar-refractivity contribution in [2.24, 2.45) is 16.8 Å². The molecule has 2 aromatic rings. The van der Waals surface area contributed by atoms with Crippen LogP contribution in [-0.4, -0.2) is 17.5 Å². The fourth-order valence-corrected chi connectivity index (χ4v) is 2.18. The molecule has 0 amide bonds. The Morgan fingerprint density at radius 1 is 1.50 bits per heavy atom. The average molecular weight is 263 g/mol. The highest BCUT2D eigenvalue weighted by molar-refractivity contribution is 7.16. The number of fused-ring (bicyclic) bond motifs is 1. The molecule has 0 atom stereocenters. The summed E-state index contributed by atoms with van der Waals surface area (Å²) in [6.45, 7) is 4.96. The SMILES string of the molecule is CC(C)CN=C(NN)Nc1ccc2ncsc2c1. The Morgan fingerprint density at radius 3 is 3.06 bits per heavy atom. The molecule has 0 fully saturated rings. The normalized spacial score (nSPS) is 12.1. The van der Waals surface area contributed by atoms with Crippen LogP contribution < -0.4 is 16.6 Å². The zero-order valence-electron chi connectivity index (χ0n) is 10.5. The molecule has 0 aliphatic rings. The minimum absolute atomic E-state index is 0.499. The molecule has 0 saturated carbocycles. The molecular weight excluding hydrogens is 246 g/mol. The highest BCUT2D eigenvalue weighted by atomic mass is 32.1. The number of nitrogens with one attached hydrogen (secondary N) is 2. The summed E-state index contributed by atoms with van der Waals surface area (Å²) in [6, 6.07) is 5.98. The second-order valence-electron chi connectivity index (χ2n) is 4.39. The zero-order chi connectivity index (χ0) is 13.0. The van der Waals surface area contributed by atoms with E-state index in [1.807, 2.05) is 23.7 Å². The van der Waals surface area contributed by atoms with Crippen LogP contribution in [0.5, 0.6) is 0 Å². The molecule has 18 heavy (non-hydrogen) atoms. The molecule has 0 spiro atoms. The van der Waals surface area contributed by atoms with Crippen LogP contribution in [0.1, 0.15) is 13.8 Å². The van der Waals surface area contributed by atoms with Gasteiger partial charge in [-0.3, -0.25) is 10.4 Å². The van der Waals surface area contributed by atoms with Crippen LogP contribution in [0.2, 0.25) is 0 Å². The highest BCUT2D eigenvalue weighted by Gasteiger charge is 2.02. The van der Waals surface area contributed by atoms with Gasteiger partial charge in [-0.15, -0.1) is 11.3 Å². The molecular formula is C12H17N5S. The topological polar surface area (TPSA) is 75.3 Å². The van der Waals surface area contributed by atoms with E-state index in [0.717, 1.165) is 22.4 Å². The van der Waals surface area contributed by atoms with E-state index in [2.05, 4.69) is 34.6 Å². The maximum absolute atomic E-state index is 5.45.